The van der Waals surface area contributed by atoms with Crippen LogP contribution in [0, 0.1) is 0 Å². The number of thiophene rings is 1. The van der Waals surface area contributed by atoms with Crippen molar-refractivity contribution in [1.29, 1.82) is 0 Å². The molecule has 0 bridgehead atoms. The summed E-state index contributed by atoms with van der Waals surface area (Å²) < 4.78 is 0. The van der Waals surface area contributed by atoms with Crippen LogP contribution in [0.4, 0.5) is 10.7 Å². The van der Waals surface area contributed by atoms with E-state index in [2.05, 4.69) is 10.6 Å². The number of fused-ring (bicyclic) bond motifs is 2. The van der Waals surface area contributed by atoms with Gasteiger partial charge in [0.15, 0.2) is 0 Å². The van der Waals surface area contributed by atoms with Crippen LogP contribution in [0.1, 0.15) is 39.2 Å². The van der Waals surface area contributed by atoms with E-state index < -0.39 is 0 Å². The molecule has 4 aromatic rings. The predicted molar refractivity (Wildman–Crippen MR) is 132 cm³/mol. The smallest absolute Gasteiger partial charge is 0.258 e. The number of aryl methyl sites for hydroxylation is 1. The molecule has 0 saturated carbocycles. The highest BCUT2D eigenvalue weighted by Crippen LogP contribution is 2.39. The van der Waals surface area contributed by atoms with E-state index in [1.165, 1.54) is 4.88 Å². The summed E-state index contributed by atoms with van der Waals surface area (Å²) in [6, 6.07) is 23.6. The fourth-order valence-corrected chi connectivity index (χ4v) is 5.67. The lowest BCUT2D eigenvalue weighted by Gasteiger charge is -2.14. The molecule has 0 spiro atoms. The molecule has 4 nitrogen and oxygen atoms in total. The normalized spacial score (nSPS) is 12.9. The molecule has 3 aromatic carbocycles. The summed E-state index contributed by atoms with van der Waals surface area (Å²) >= 11 is 1.55. The lowest BCUT2D eigenvalue weighted by Crippen LogP contribution is -2.19. The van der Waals surface area contributed by atoms with E-state index in [9.17, 15) is 9.59 Å². The summed E-state index contributed by atoms with van der Waals surface area (Å²) in [5.74, 6) is -0.259. The van der Waals surface area contributed by atoms with Crippen LogP contribution in [0.3, 0.4) is 0 Å². The maximum atomic E-state index is 13.5. The second-order valence-corrected chi connectivity index (χ2v) is 9.21. The van der Waals surface area contributed by atoms with Gasteiger partial charge in [-0.2, -0.15) is 0 Å². The quantitative estimate of drug-likeness (QED) is 0.387. The van der Waals surface area contributed by atoms with Gasteiger partial charge in [-0.25, -0.2) is 0 Å². The van der Waals surface area contributed by atoms with E-state index in [-0.39, 0.29) is 18.2 Å². The predicted octanol–water partition coefficient (Wildman–Crippen LogP) is 6.21. The van der Waals surface area contributed by atoms with Crippen LogP contribution < -0.4 is 10.6 Å². The molecule has 0 unspecified atom stereocenters. The van der Waals surface area contributed by atoms with Gasteiger partial charge in [0, 0.05) is 16.0 Å². The third-order valence-electron chi connectivity index (χ3n) is 5.90. The summed E-state index contributed by atoms with van der Waals surface area (Å²) in [5.41, 5.74) is 3.45. The molecule has 160 valence electrons. The second kappa shape index (κ2) is 8.97. The van der Waals surface area contributed by atoms with Gasteiger partial charge in [0.1, 0.15) is 5.00 Å². The van der Waals surface area contributed by atoms with Crippen LogP contribution in [0.15, 0.2) is 72.8 Å². The van der Waals surface area contributed by atoms with Crippen LogP contribution in [0.2, 0.25) is 0 Å². The van der Waals surface area contributed by atoms with E-state index >= 15 is 0 Å². The molecule has 1 heterocycles. The number of amides is 2. The molecule has 0 fully saturated rings. The van der Waals surface area contributed by atoms with Crippen molar-refractivity contribution in [3.05, 3.63) is 94.4 Å². The minimum atomic E-state index is -0.157. The summed E-state index contributed by atoms with van der Waals surface area (Å²) in [4.78, 5) is 27.5. The average molecular weight is 441 g/mol. The van der Waals surface area contributed by atoms with E-state index in [0.717, 1.165) is 53.3 Å². The molecule has 5 heteroatoms. The molecular weight excluding hydrogens is 416 g/mol. The summed E-state index contributed by atoms with van der Waals surface area (Å²) in [7, 11) is 0. The fourth-order valence-electron chi connectivity index (χ4n) is 4.37. The highest BCUT2D eigenvalue weighted by Gasteiger charge is 2.26. The number of carbonyl (C=O) groups excluding carboxylic acids is 2. The molecule has 1 aliphatic rings. The highest BCUT2D eigenvalue weighted by molar-refractivity contribution is 7.17. The molecule has 0 saturated heterocycles. The third kappa shape index (κ3) is 4.16. The minimum absolute atomic E-state index is 0.103. The van der Waals surface area contributed by atoms with Crippen LogP contribution in [0.25, 0.3) is 10.8 Å². The molecule has 2 amide bonds. The molecule has 32 heavy (non-hydrogen) atoms. The Hall–Kier alpha value is -3.44. The number of anilines is 2. The largest absolute Gasteiger partial charge is 0.321 e. The number of nitrogens with one attached hydrogen (secondary N) is 2. The van der Waals surface area contributed by atoms with Crippen molar-refractivity contribution in [2.24, 2.45) is 0 Å². The van der Waals surface area contributed by atoms with Crippen molar-refractivity contribution < 1.29 is 9.59 Å². The molecule has 5 rings (SSSR count). The monoisotopic (exact) mass is 440 g/mol. The second-order valence-electron chi connectivity index (χ2n) is 8.11. The number of carbonyl (C=O) groups is 2. The van der Waals surface area contributed by atoms with Gasteiger partial charge in [-0.3, -0.25) is 9.59 Å². The maximum absolute atomic E-state index is 13.5. The van der Waals surface area contributed by atoms with Gasteiger partial charge in [0.25, 0.3) is 5.91 Å². The highest BCUT2D eigenvalue weighted by atomic mass is 32.1. The Balaban J connectivity index is 1.45. The molecule has 0 aliphatic heterocycles. The van der Waals surface area contributed by atoms with Crippen LogP contribution in [-0.2, 0) is 24.1 Å². The first kappa shape index (κ1) is 20.5. The van der Waals surface area contributed by atoms with Crippen molar-refractivity contribution in [2.75, 3.05) is 10.6 Å². The third-order valence-corrected chi connectivity index (χ3v) is 7.10. The zero-order chi connectivity index (χ0) is 21.9. The van der Waals surface area contributed by atoms with Gasteiger partial charge in [-0.1, -0.05) is 66.7 Å². The Morgan fingerprint density at radius 2 is 1.56 bits per heavy atom. The van der Waals surface area contributed by atoms with Gasteiger partial charge in [-0.15, -0.1) is 11.3 Å². The lowest BCUT2D eigenvalue weighted by molar-refractivity contribution is -0.115. The van der Waals surface area contributed by atoms with Crippen LogP contribution >= 0.6 is 11.3 Å². The van der Waals surface area contributed by atoms with E-state index in [4.69, 9.17) is 0 Å². The van der Waals surface area contributed by atoms with Gasteiger partial charge >= 0.3 is 0 Å². The van der Waals surface area contributed by atoms with Crippen molar-refractivity contribution in [3.63, 3.8) is 0 Å². The Morgan fingerprint density at radius 1 is 0.812 bits per heavy atom. The SMILES string of the molecule is O=C(Cc1ccccc1)Nc1sc2c(c1C(=O)Nc1cccc3ccccc13)CCCC2. The lowest BCUT2D eigenvalue weighted by atomic mass is 9.95. The Morgan fingerprint density at radius 3 is 2.44 bits per heavy atom. The van der Waals surface area contributed by atoms with Crippen molar-refractivity contribution >= 4 is 44.6 Å². The van der Waals surface area contributed by atoms with Gasteiger partial charge in [0.2, 0.25) is 5.91 Å². The van der Waals surface area contributed by atoms with Crippen LogP contribution in [-0.4, -0.2) is 11.8 Å². The molecular formula is C27H24N2O2S. The Labute approximate surface area is 191 Å². The first-order valence-corrected chi connectivity index (χ1v) is 11.8. The molecule has 0 atom stereocenters. The number of hydrogen-bond acceptors (Lipinski definition) is 3. The van der Waals surface area contributed by atoms with Crippen molar-refractivity contribution in [1.82, 2.24) is 0 Å². The van der Waals surface area contributed by atoms with Crippen LogP contribution in [0.5, 0.6) is 0 Å². The van der Waals surface area contributed by atoms with Gasteiger partial charge in [-0.05, 0) is 48.3 Å². The zero-order valence-electron chi connectivity index (χ0n) is 17.7. The van der Waals surface area contributed by atoms with E-state index in [0.29, 0.717) is 10.6 Å². The molecule has 2 N–H and O–H groups in total. The first-order chi connectivity index (χ1) is 15.7. The van der Waals surface area contributed by atoms with E-state index in [1.54, 1.807) is 11.3 Å². The number of rotatable bonds is 5. The molecule has 1 aromatic heterocycles. The maximum Gasteiger partial charge on any atom is 0.258 e. The fraction of sp³-hybridized carbons (Fsp3) is 0.185. The Kier molecular flexibility index (Phi) is 5.73. The van der Waals surface area contributed by atoms with Gasteiger partial charge < -0.3 is 10.6 Å². The summed E-state index contributed by atoms with van der Waals surface area (Å²) in [6.45, 7) is 0. The van der Waals surface area contributed by atoms with Crippen molar-refractivity contribution in [2.45, 2.75) is 32.1 Å². The number of benzene rings is 3. The summed E-state index contributed by atoms with van der Waals surface area (Å²) in [5, 5.41) is 8.90. The summed E-state index contributed by atoms with van der Waals surface area (Å²) in [6.07, 6.45) is 4.31. The number of hydrogen-bond donors (Lipinski definition) is 2. The van der Waals surface area contributed by atoms with Crippen molar-refractivity contribution in [3.8, 4) is 0 Å². The Bertz CT molecular complexity index is 1290. The minimum Gasteiger partial charge on any atom is -0.321 e. The van der Waals surface area contributed by atoms with E-state index in [1.807, 2.05) is 72.8 Å². The zero-order valence-corrected chi connectivity index (χ0v) is 18.5. The topological polar surface area (TPSA) is 58.2 Å². The van der Waals surface area contributed by atoms with Gasteiger partial charge in [0.05, 0.1) is 12.0 Å². The standard InChI is InChI=1S/C27H24N2O2S/c30-24(17-18-9-2-1-3-10-18)29-27-25(21-14-6-7-16-23(21)32-27)26(31)28-22-15-8-12-19-11-4-5-13-20(19)22/h1-5,8-13,15H,6-7,14,16-17H2,(H,28,31)(H,29,30). The molecule has 0 radical (unpaired) electrons. The first-order valence-electron chi connectivity index (χ1n) is 11.0. The average Bonchev–Trinajstić information content (AvgIpc) is 3.17. The molecule has 1 aliphatic carbocycles.